The Morgan fingerprint density at radius 2 is 0.504 bits per heavy atom. The number of carbonyl (C=O) groups is 6. The second-order valence-corrected chi connectivity index (χ2v) is 33.0. The molecule has 0 aliphatic carbocycles. The summed E-state index contributed by atoms with van der Waals surface area (Å²) in [4.78, 5) is 85.5. The molecule has 0 heterocycles. The van der Waals surface area contributed by atoms with Crippen LogP contribution in [0.5, 0.6) is 74.7 Å². The van der Waals surface area contributed by atoms with Crippen molar-refractivity contribution in [1.29, 1.82) is 0 Å². The summed E-state index contributed by atoms with van der Waals surface area (Å²) in [5.74, 6) is 5.87. The number of nitrogens with zero attached hydrogens (tertiary/aromatic N) is 6. The highest BCUT2D eigenvalue weighted by atomic mass is 79.9. The average Bonchev–Trinajstić information content (AvgIpc) is 0.800. The van der Waals surface area contributed by atoms with Gasteiger partial charge in [0.25, 0.3) is 0 Å². The molecular weight excluding hydrogens is 1850 g/mol. The lowest BCUT2D eigenvalue weighted by molar-refractivity contribution is 0.103. The number of hydrogen-bond donors (Lipinski definition) is 0. The van der Waals surface area contributed by atoms with E-state index in [-0.39, 0.29) is 34.7 Å². The number of hydrogen-bond acceptors (Lipinski definition) is 25. The third kappa shape index (κ3) is 39.4. The summed E-state index contributed by atoms with van der Waals surface area (Å²) < 4.78 is 73.1. The van der Waals surface area contributed by atoms with Crippen molar-refractivity contribution in [3.8, 4) is 74.7 Å². The number of methoxy groups -OCH3 is 7. The van der Waals surface area contributed by atoms with Crippen LogP contribution in [-0.4, -0.2) is 198 Å². The highest BCUT2D eigenvalue weighted by Crippen LogP contribution is 2.42. The van der Waals surface area contributed by atoms with Crippen molar-refractivity contribution in [3.05, 3.63) is 424 Å². The van der Waals surface area contributed by atoms with Crippen molar-refractivity contribution in [3.63, 3.8) is 0 Å². The first-order valence-corrected chi connectivity index (χ1v) is 45.5. The molecule has 0 aliphatic heterocycles. The van der Waals surface area contributed by atoms with E-state index < -0.39 is 0 Å². The van der Waals surface area contributed by atoms with E-state index in [0.717, 1.165) is 37.9 Å². The summed E-state index contributed by atoms with van der Waals surface area (Å²) in [5.41, 5.74) is 9.02. The molecule has 0 aromatic heterocycles. The summed E-state index contributed by atoms with van der Waals surface area (Å²) >= 11 is 3.40. The van der Waals surface area contributed by atoms with Gasteiger partial charge in [0.15, 0.2) is 57.7 Å². The van der Waals surface area contributed by atoms with Gasteiger partial charge in [-0.15, -0.1) is 0 Å². The fraction of sp³-hybridized carbons (Fsp3) is 0.217. The number of halogens is 1. The van der Waals surface area contributed by atoms with Crippen LogP contribution in [0.15, 0.2) is 357 Å². The van der Waals surface area contributed by atoms with Gasteiger partial charge in [-0.05, 0) is 112 Å². The number of rotatable bonds is 43. The third-order valence-electron chi connectivity index (χ3n) is 19.6. The maximum absolute atomic E-state index is 12.6. The van der Waals surface area contributed by atoms with Crippen LogP contribution in [0, 0.1) is 0 Å². The largest absolute Gasteiger partial charge is 0.497 e. The van der Waals surface area contributed by atoms with E-state index in [1.807, 2.05) is 299 Å². The minimum absolute atomic E-state index is 0.0851. The van der Waals surface area contributed by atoms with Crippen LogP contribution in [0.1, 0.15) is 95.5 Å². The number of ketones is 6. The molecule has 0 saturated carbocycles. The zero-order chi connectivity index (χ0) is 102. The molecule has 0 saturated heterocycles. The van der Waals surface area contributed by atoms with Gasteiger partial charge in [-0.3, -0.25) is 28.8 Å². The standard InChI is InChI=1S/2C20H23NO4.3C19H21NO3.C18H18BrNO2/c1-21(2)11-10-17(22)16-12-19(23-3)20(24-4)13-18(16)25-14-15-8-6-5-7-9-15;1-21(2)13-12-17(22)16-10-11-18(23-3)20(24-4)19(16)25-14-15-8-6-5-7-9-15;1-20(2)13-12-16(21)19-17(22-3)10-7-11-18(19)23-14-15-8-5-4-6-9-15;1-20(2)12-11-18(21)17-13-16(22-3)9-10-19(17)23-14-15-7-5-4-6-8-15;1-20(2)12-11-18(21)17-10-9-16(22-3)13-19(17)23-14-15-7-5-4-6-8-15;1-20(2)11-10-17(21)16-12-15(19)8-9-18(16)22-13-14-6-4-3-5-7-14/h2*5-13H,14H2,1-4H3;3*4-13H,14H2,1-3H3;3-12H,13H2,1-2H3. The molecule has 0 radical (unpaired) electrons. The Kier molecular flexibility index (Phi) is 48.4. The first kappa shape index (κ1) is 112. The Morgan fingerprint density at radius 3 is 0.872 bits per heavy atom. The summed E-state index contributed by atoms with van der Waals surface area (Å²) in [6.45, 7) is 2.30. The summed E-state index contributed by atoms with van der Waals surface area (Å²) in [6, 6.07) is 86.8. The number of carbonyl (C=O) groups excluding carboxylic acids is 6. The molecule has 25 nitrogen and oxygen atoms in total. The average molecular weight is 1980 g/mol. The predicted molar refractivity (Wildman–Crippen MR) is 560 cm³/mol. The van der Waals surface area contributed by atoms with Crippen LogP contribution in [0.2, 0.25) is 0 Å². The Bertz CT molecular complexity index is 6020. The van der Waals surface area contributed by atoms with Crippen molar-refractivity contribution in [2.75, 3.05) is 134 Å². The lowest BCUT2D eigenvalue weighted by atomic mass is 10.1. The fourth-order valence-electron chi connectivity index (χ4n) is 12.4. The Hall–Kier alpha value is -16.2. The van der Waals surface area contributed by atoms with Crippen molar-refractivity contribution < 1.29 is 90.3 Å². The minimum Gasteiger partial charge on any atom is -0.497 e. The van der Waals surface area contributed by atoms with Gasteiger partial charge in [0.2, 0.25) is 5.75 Å². The van der Waals surface area contributed by atoms with E-state index in [1.54, 1.807) is 166 Å². The molecule has 738 valence electrons. The molecule has 0 spiro atoms. The minimum atomic E-state index is -0.169. The molecule has 12 aromatic carbocycles. The first-order valence-electron chi connectivity index (χ1n) is 44.7. The fourth-order valence-corrected chi connectivity index (χ4v) is 12.8. The second kappa shape index (κ2) is 61.1. The number of benzene rings is 12. The lowest BCUT2D eigenvalue weighted by Crippen LogP contribution is -2.07. The molecule has 12 rings (SSSR count). The molecule has 12 aromatic rings. The van der Waals surface area contributed by atoms with E-state index >= 15 is 0 Å². The zero-order valence-electron chi connectivity index (χ0n) is 83.5. The molecule has 141 heavy (non-hydrogen) atoms. The molecule has 0 unspecified atom stereocenters. The lowest BCUT2D eigenvalue weighted by Gasteiger charge is -2.16. The number of ether oxygens (including phenoxy) is 13. The molecule has 0 fully saturated rings. The van der Waals surface area contributed by atoms with Gasteiger partial charge in [-0.1, -0.05) is 204 Å². The number of allylic oxidation sites excluding steroid dienone is 6. The summed E-state index contributed by atoms with van der Waals surface area (Å²) in [5, 5.41) is 0. The van der Waals surface area contributed by atoms with Crippen LogP contribution >= 0.6 is 15.9 Å². The highest BCUT2D eigenvalue weighted by molar-refractivity contribution is 9.10. The smallest absolute Gasteiger partial charge is 0.204 e. The van der Waals surface area contributed by atoms with Crippen LogP contribution in [0.25, 0.3) is 0 Å². The quantitative estimate of drug-likeness (QED) is 0.0255. The van der Waals surface area contributed by atoms with Crippen LogP contribution < -0.4 is 61.6 Å². The SMILES string of the molecule is CN(C)C=CC(=O)c1cc(Br)ccc1OCc1ccccc1.COc1cc(OCc2ccccc2)c(C(=O)C=CN(C)C)cc1OC.COc1ccc(C(=O)C=CN(C)C)c(OCc2ccccc2)c1.COc1ccc(C(=O)C=CN(C)C)c(OCc2ccccc2)c1OC.COc1ccc(OCc2ccccc2)c(C(=O)C=CN(C)C)c1.COc1cccc(OCc2ccccc2)c1C(=O)C=CN(C)C. The van der Waals surface area contributed by atoms with Gasteiger partial charge in [-0.25, -0.2) is 0 Å². The molecule has 0 amide bonds. The second-order valence-electron chi connectivity index (χ2n) is 32.1. The topological polar surface area (TPSA) is 242 Å². The summed E-state index contributed by atoms with van der Waals surface area (Å²) in [7, 11) is 33.2. The molecular formula is C115H127BrN6O19. The van der Waals surface area contributed by atoms with E-state index in [4.69, 9.17) is 61.6 Å². The van der Waals surface area contributed by atoms with Gasteiger partial charge in [0, 0.05) is 175 Å². The van der Waals surface area contributed by atoms with Gasteiger partial charge in [0.05, 0.1) is 77.6 Å². The summed E-state index contributed by atoms with van der Waals surface area (Å²) in [6.07, 6.45) is 19.3. The Labute approximate surface area is 838 Å². The van der Waals surface area contributed by atoms with E-state index in [1.165, 1.54) is 50.7 Å². The Balaban J connectivity index is 0.000000230. The van der Waals surface area contributed by atoms with E-state index in [0.29, 0.717) is 148 Å². The normalized spacial score (nSPS) is 10.6. The Morgan fingerprint density at radius 1 is 0.220 bits per heavy atom. The van der Waals surface area contributed by atoms with Crippen LogP contribution in [0.3, 0.4) is 0 Å². The van der Waals surface area contributed by atoms with Crippen molar-refractivity contribution in [1.82, 2.24) is 29.4 Å². The van der Waals surface area contributed by atoms with Gasteiger partial charge in [0.1, 0.15) is 91.2 Å². The maximum atomic E-state index is 12.6. The van der Waals surface area contributed by atoms with Crippen molar-refractivity contribution >= 4 is 50.6 Å². The first-order chi connectivity index (χ1) is 68.0. The predicted octanol–water partition coefficient (Wildman–Crippen LogP) is 22.0. The van der Waals surface area contributed by atoms with Gasteiger partial charge < -0.3 is 91.0 Å². The van der Waals surface area contributed by atoms with Crippen LogP contribution in [0.4, 0.5) is 0 Å². The zero-order valence-corrected chi connectivity index (χ0v) is 85.1. The van der Waals surface area contributed by atoms with E-state index in [9.17, 15) is 28.8 Å². The van der Waals surface area contributed by atoms with E-state index in [2.05, 4.69) is 15.9 Å². The molecule has 26 heteroatoms. The molecule has 0 aliphatic rings. The van der Waals surface area contributed by atoms with Gasteiger partial charge >= 0.3 is 0 Å². The van der Waals surface area contributed by atoms with Crippen LogP contribution in [-0.2, 0) is 39.6 Å². The highest BCUT2D eigenvalue weighted by Gasteiger charge is 2.24. The maximum Gasteiger partial charge on any atom is 0.204 e. The molecule has 0 N–H and O–H groups in total. The van der Waals surface area contributed by atoms with Crippen molar-refractivity contribution in [2.24, 2.45) is 0 Å². The van der Waals surface area contributed by atoms with Gasteiger partial charge in [-0.2, -0.15) is 0 Å². The molecule has 0 atom stereocenters. The third-order valence-corrected chi connectivity index (χ3v) is 20.1. The monoisotopic (exact) mass is 1970 g/mol. The molecule has 0 bridgehead atoms. The van der Waals surface area contributed by atoms with Crippen molar-refractivity contribution in [2.45, 2.75) is 39.6 Å².